The van der Waals surface area contributed by atoms with Gasteiger partial charge in [-0.1, -0.05) is 0 Å². The van der Waals surface area contributed by atoms with E-state index in [4.69, 9.17) is 4.74 Å². The fourth-order valence-electron chi connectivity index (χ4n) is 6.13. The van der Waals surface area contributed by atoms with E-state index >= 15 is 0 Å². The Morgan fingerprint density at radius 2 is 1.32 bits per heavy atom. The highest BCUT2D eigenvalue weighted by atomic mass is 19.4. The Kier molecular flexibility index (Phi) is 9.32. The summed E-state index contributed by atoms with van der Waals surface area (Å²) < 4.78 is 45.8. The third-order valence-corrected chi connectivity index (χ3v) is 7.01. The number of rotatable bonds is 14. The van der Waals surface area contributed by atoms with Gasteiger partial charge in [-0.2, -0.15) is 13.2 Å². The summed E-state index contributed by atoms with van der Waals surface area (Å²) in [5.74, 6) is 2.48. The molecule has 4 rings (SSSR count). The maximum atomic E-state index is 12.4. The van der Waals surface area contributed by atoms with Gasteiger partial charge >= 0.3 is 12.2 Å². The van der Waals surface area contributed by atoms with E-state index in [0.29, 0.717) is 26.2 Å². The number of urea groups is 1. The molecule has 4 fully saturated rings. The molecule has 0 saturated heterocycles. The number of unbranched alkanes of at least 4 members (excludes halogenated alkanes) is 4. The predicted octanol–water partition coefficient (Wildman–Crippen LogP) is 5.19. The van der Waals surface area contributed by atoms with Crippen molar-refractivity contribution < 1.29 is 27.4 Å². The minimum absolute atomic E-state index is 0.00240. The Bertz CT molecular complexity index is 521. The molecule has 2 amide bonds. The highest BCUT2D eigenvalue weighted by Gasteiger charge is 2.51. The van der Waals surface area contributed by atoms with Gasteiger partial charge in [0.05, 0.1) is 0 Å². The SMILES string of the molecule is O=C(NCCCCCOCCCCCOCC(F)(F)F)NC12CC3CC(CC(C3)C1)C2. The number of halogens is 3. The molecule has 0 atom stereocenters. The van der Waals surface area contributed by atoms with Crippen LogP contribution in [-0.2, 0) is 9.47 Å². The number of alkyl halides is 3. The molecule has 0 radical (unpaired) electrons. The Labute approximate surface area is 184 Å². The molecular weight excluding hydrogens is 409 g/mol. The Morgan fingerprint density at radius 3 is 1.87 bits per heavy atom. The van der Waals surface area contributed by atoms with E-state index in [1.165, 1.54) is 38.5 Å². The van der Waals surface area contributed by atoms with Crippen LogP contribution in [0.25, 0.3) is 0 Å². The lowest BCUT2D eigenvalue weighted by molar-refractivity contribution is -0.174. The van der Waals surface area contributed by atoms with Gasteiger partial charge in [0.25, 0.3) is 0 Å². The number of carbonyl (C=O) groups is 1. The van der Waals surface area contributed by atoms with Gasteiger partial charge < -0.3 is 20.1 Å². The van der Waals surface area contributed by atoms with Gasteiger partial charge in [-0.15, -0.1) is 0 Å². The number of hydrogen-bond donors (Lipinski definition) is 2. The van der Waals surface area contributed by atoms with E-state index in [-0.39, 0.29) is 18.2 Å². The zero-order valence-electron chi connectivity index (χ0n) is 18.6. The number of amides is 2. The first-order valence-electron chi connectivity index (χ1n) is 12.1. The minimum atomic E-state index is -4.24. The summed E-state index contributed by atoms with van der Waals surface area (Å²) in [6.45, 7) is 0.983. The minimum Gasteiger partial charge on any atom is -0.381 e. The molecule has 5 nitrogen and oxygen atoms in total. The molecule has 0 heterocycles. The first-order valence-corrected chi connectivity index (χ1v) is 12.1. The lowest BCUT2D eigenvalue weighted by atomic mass is 9.53. The van der Waals surface area contributed by atoms with Crippen LogP contribution in [0.1, 0.15) is 77.0 Å². The summed E-state index contributed by atoms with van der Waals surface area (Å²) in [5, 5.41) is 6.37. The maximum Gasteiger partial charge on any atom is 0.411 e. The summed E-state index contributed by atoms with van der Waals surface area (Å²) in [6.07, 6.45) is 8.56. The molecule has 0 spiro atoms. The van der Waals surface area contributed by atoms with E-state index < -0.39 is 12.8 Å². The molecule has 2 N–H and O–H groups in total. The van der Waals surface area contributed by atoms with Crippen LogP contribution in [0, 0.1) is 17.8 Å². The summed E-state index contributed by atoms with van der Waals surface area (Å²) in [5.41, 5.74) is 0.0666. The predicted molar refractivity (Wildman–Crippen MR) is 113 cm³/mol. The average Bonchev–Trinajstić information content (AvgIpc) is 2.66. The molecule has 4 bridgehead atoms. The molecule has 0 aromatic carbocycles. The van der Waals surface area contributed by atoms with Crippen molar-refractivity contribution in [2.24, 2.45) is 17.8 Å². The van der Waals surface area contributed by atoms with E-state index in [0.717, 1.165) is 49.9 Å². The second-order valence-corrected chi connectivity index (χ2v) is 9.98. The quantitative estimate of drug-likeness (QED) is 0.360. The zero-order valence-corrected chi connectivity index (χ0v) is 18.6. The van der Waals surface area contributed by atoms with Crippen LogP contribution >= 0.6 is 0 Å². The first-order chi connectivity index (χ1) is 14.8. The lowest BCUT2D eigenvalue weighted by Crippen LogP contribution is -2.61. The van der Waals surface area contributed by atoms with Crippen molar-refractivity contribution in [1.29, 1.82) is 0 Å². The molecule has 0 unspecified atom stereocenters. The normalized spacial score (nSPS) is 29.3. The van der Waals surface area contributed by atoms with Crippen molar-refractivity contribution in [2.45, 2.75) is 88.8 Å². The highest BCUT2D eigenvalue weighted by molar-refractivity contribution is 5.74. The van der Waals surface area contributed by atoms with E-state index in [2.05, 4.69) is 15.4 Å². The second-order valence-electron chi connectivity index (χ2n) is 9.98. The van der Waals surface area contributed by atoms with Crippen molar-refractivity contribution in [3.63, 3.8) is 0 Å². The fourth-order valence-corrected chi connectivity index (χ4v) is 6.13. The lowest BCUT2D eigenvalue weighted by Gasteiger charge is -2.56. The van der Waals surface area contributed by atoms with Gasteiger partial charge in [-0.3, -0.25) is 0 Å². The van der Waals surface area contributed by atoms with Crippen LogP contribution in [0.2, 0.25) is 0 Å². The van der Waals surface area contributed by atoms with Crippen molar-refractivity contribution in [3.8, 4) is 0 Å². The van der Waals surface area contributed by atoms with Crippen LogP contribution < -0.4 is 10.6 Å². The van der Waals surface area contributed by atoms with Crippen molar-refractivity contribution in [3.05, 3.63) is 0 Å². The summed E-state index contributed by atoms with van der Waals surface area (Å²) in [6, 6.07) is -0.00240. The molecule has 4 saturated carbocycles. The number of nitrogens with one attached hydrogen (secondary N) is 2. The molecule has 4 aliphatic carbocycles. The summed E-state index contributed by atoms with van der Waals surface area (Å²) in [4.78, 5) is 12.4. The van der Waals surface area contributed by atoms with Crippen LogP contribution in [-0.4, -0.2) is 50.7 Å². The summed E-state index contributed by atoms with van der Waals surface area (Å²) in [7, 11) is 0. The van der Waals surface area contributed by atoms with Crippen molar-refractivity contribution >= 4 is 6.03 Å². The van der Waals surface area contributed by atoms with Crippen LogP contribution in [0.15, 0.2) is 0 Å². The van der Waals surface area contributed by atoms with Gasteiger partial charge in [-0.05, 0) is 94.8 Å². The van der Waals surface area contributed by atoms with Crippen LogP contribution in [0.4, 0.5) is 18.0 Å². The second kappa shape index (κ2) is 11.7. The van der Waals surface area contributed by atoms with Gasteiger partial charge in [0.15, 0.2) is 0 Å². The summed E-state index contributed by atoms with van der Waals surface area (Å²) >= 11 is 0. The molecule has 8 heteroatoms. The van der Waals surface area contributed by atoms with Crippen LogP contribution in [0.3, 0.4) is 0 Å². The maximum absolute atomic E-state index is 12.4. The largest absolute Gasteiger partial charge is 0.411 e. The molecule has 4 aliphatic rings. The molecule has 180 valence electrons. The average molecular weight is 449 g/mol. The Morgan fingerprint density at radius 1 is 0.806 bits per heavy atom. The standard InChI is InChI=1S/C23H39F3N2O3/c24-23(25,26)17-31-10-6-2-5-9-30-8-4-1-3-7-27-21(29)28-22-14-18-11-19(15-22)13-20(12-18)16-22/h18-20H,1-17H2,(H2,27,28,29). The first kappa shape index (κ1) is 24.6. The van der Waals surface area contributed by atoms with Gasteiger partial charge in [0.1, 0.15) is 6.61 Å². The van der Waals surface area contributed by atoms with Gasteiger partial charge in [0, 0.05) is 31.9 Å². The fraction of sp³-hybridized carbons (Fsp3) is 0.957. The monoisotopic (exact) mass is 448 g/mol. The third kappa shape index (κ3) is 8.79. The highest BCUT2D eigenvalue weighted by Crippen LogP contribution is 2.55. The topological polar surface area (TPSA) is 59.6 Å². The Balaban J connectivity index is 1.09. The van der Waals surface area contributed by atoms with Crippen molar-refractivity contribution in [1.82, 2.24) is 10.6 Å². The smallest absolute Gasteiger partial charge is 0.381 e. The van der Waals surface area contributed by atoms with Gasteiger partial charge in [0.2, 0.25) is 0 Å². The van der Waals surface area contributed by atoms with E-state index in [9.17, 15) is 18.0 Å². The molecule has 0 aromatic heterocycles. The number of hydrogen-bond acceptors (Lipinski definition) is 3. The van der Waals surface area contributed by atoms with E-state index in [1.807, 2.05) is 0 Å². The molecule has 31 heavy (non-hydrogen) atoms. The third-order valence-electron chi connectivity index (χ3n) is 7.01. The molecular formula is C23H39F3N2O3. The zero-order chi connectivity index (χ0) is 22.2. The van der Waals surface area contributed by atoms with Gasteiger partial charge in [-0.25, -0.2) is 4.79 Å². The van der Waals surface area contributed by atoms with Crippen molar-refractivity contribution in [2.75, 3.05) is 33.0 Å². The number of carbonyl (C=O) groups excluding carboxylic acids is 1. The number of ether oxygens (including phenoxy) is 2. The van der Waals surface area contributed by atoms with E-state index in [1.54, 1.807) is 0 Å². The molecule has 0 aromatic rings. The Hall–Kier alpha value is -1.02. The van der Waals surface area contributed by atoms with Crippen LogP contribution in [0.5, 0.6) is 0 Å². The molecule has 0 aliphatic heterocycles.